The lowest BCUT2D eigenvalue weighted by molar-refractivity contribution is -0.122. The Morgan fingerprint density at radius 1 is 1.06 bits per heavy atom. The first-order chi connectivity index (χ1) is 15.3. The predicted molar refractivity (Wildman–Crippen MR) is 125 cm³/mol. The van der Waals surface area contributed by atoms with Crippen molar-refractivity contribution in [3.05, 3.63) is 47.5 Å². The van der Waals surface area contributed by atoms with E-state index in [4.69, 9.17) is 9.47 Å². The monoisotopic (exact) mass is 460 g/mol. The zero-order valence-corrected chi connectivity index (χ0v) is 20.0. The number of ether oxygens (including phenoxy) is 2. The highest BCUT2D eigenvalue weighted by atomic mass is 32.2. The van der Waals surface area contributed by atoms with Gasteiger partial charge in [0.1, 0.15) is 11.5 Å². The summed E-state index contributed by atoms with van der Waals surface area (Å²) in [6, 6.07) is 10.4. The van der Waals surface area contributed by atoms with Gasteiger partial charge in [-0.05, 0) is 68.5 Å². The Kier molecular flexibility index (Phi) is 7.79. The molecule has 8 heteroatoms. The van der Waals surface area contributed by atoms with E-state index in [2.05, 4.69) is 5.32 Å². The maximum Gasteiger partial charge on any atom is 0.265 e. The highest BCUT2D eigenvalue weighted by Crippen LogP contribution is 2.30. The van der Waals surface area contributed by atoms with E-state index in [0.29, 0.717) is 36.7 Å². The van der Waals surface area contributed by atoms with Crippen molar-refractivity contribution in [2.24, 2.45) is 0 Å². The van der Waals surface area contributed by atoms with Crippen LogP contribution >= 0.6 is 0 Å². The van der Waals surface area contributed by atoms with Crippen LogP contribution in [-0.2, 0) is 14.8 Å². The summed E-state index contributed by atoms with van der Waals surface area (Å²) in [7, 11) is -2.15. The fourth-order valence-electron chi connectivity index (χ4n) is 3.72. The van der Waals surface area contributed by atoms with Crippen LogP contribution in [0.3, 0.4) is 0 Å². The molecule has 0 aliphatic carbocycles. The van der Waals surface area contributed by atoms with E-state index < -0.39 is 16.1 Å². The van der Waals surface area contributed by atoms with Crippen LogP contribution in [0.4, 0.5) is 5.69 Å². The Bertz CT molecular complexity index is 1060. The van der Waals surface area contributed by atoms with Gasteiger partial charge in [-0.15, -0.1) is 0 Å². The second-order valence-electron chi connectivity index (χ2n) is 8.10. The summed E-state index contributed by atoms with van der Waals surface area (Å²) < 4.78 is 39.0. The van der Waals surface area contributed by atoms with Crippen LogP contribution in [0.1, 0.15) is 43.7 Å². The number of anilines is 1. The molecule has 174 valence electrons. The van der Waals surface area contributed by atoms with Gasteiger partial charge in [-0.1, -0.05) is 25.5 Å². The Morgan fingerprint density at radius 2 is 1.78 bits per heavy atom. The van der Waals surface area contributed by atoms with Gasteiger partial charge in [0.05, 0.1) is 17.7 Å². The number of sulfonamides is 1. The maximum atomic E-state index is 13.1. The molecule has 0 aromatic heterocycles. The number of aryl methyl sites for hydroxylation is 2. The van der Waals surface area contributed by atoms with Gasteiger partial charge in [0, 0.05) is 13.1 Å². The lowest BCUT2D eigenvalue weighted by Crippen LogP contribution is -2.35. The Labute approximate surface area is 190 Å². The number of rotatable bonds is 8. The summed E-state index contributed by atoms with van der Waals surface area (Å²) in [6.07, 6.45) is 2.46. The molecule has 0 saturated carbocycles. The number of hydrogen-bond donors (Lipinski definition) is 1. The lowest BCUT2D eigenvalue weighted by atomic mass is 10.1. The van der Waals surface area contributed by atoms with E-state index in [1.54, 1.807) is 6.07 Å². The molecule has 32 heavy (non-hydrogen) atoms. The standard InChI is InChI=1S/C24H32N2O5S/c1-5-21(31-23-15-17(2)9-10-18(23)3)24(27)25-20-16-19(11-12-22(20)30-4)32(28,29)26-13-7-6-8-14-26/h9-12,15-16,21H,5-8,13-14H2,1-4H3,(H,25,27)/t21-/m1/s1. The number of hydrogen-bond acceptors (Lipinski definition) is 5. The molecular formula is C24H32N2O5S. The van der Waals surface area contributed by atoms with Crippen molar-refractivity contribution in [3.63, 3.8) is 0 Å². The van der Waals surface area contributed by atoms with Crippen molar-refractivity contribution in [2.45, 2.75) is 57.5 Å². The number of nitrogens with one attached hydrogen (secondary N) is 1. The third kappa shape index (κ3) is 5.42. The average Bonchev–Trinajstić information content (AvgIpc) is 2.80. The summed E-state index contributed by atoms with van der Waals surface area (Å²) in [5, 5.41) is 2.81. The number of methoxy groups -OCH3 is 1. The number of carbonyl (C=O) groups excluding carboxylic acids is 1. The molecule has 1 amide bonds. The van der Waals surface area contributed by atoms with Crippen LogP contribution in [0, 0.1) is 13.8 Å². The molecule has 1 N–H and O–H groups in total. The van der Waals surface area contributed by atoms with Crippen molar-refractivity contribution in [1.29, 1.82) is 0 Å². The quantitative estimate of drug-likeness (QED) is 0.635. The van der Waals surface area contributed by atoms with Crippen LogP contribution in [0.2, 0.25) is 0 Å². The number of carbonyl (C=O) groups is 1. The summed E-state index contributed by atoms with van der Waals surface area (Å²) in [4.78, 5) is 13.2. The number of benzene rings is 2. The molecule has 1 atom stereocenters. The molecule has 3 rings (SSSR count). The van der Waals surface area contributed by atoms with Gasteiger partial charge in [-0.25, -0.2) is 8.42 Å². The highest BCUT2D eigenvalue weighted by molar-refractivity contribution is 7.89. The normalized spacial score (nSPS) is 15.8. The molecule has 1 aliphatic heterocycles. The first kappa shape index (κ1) is 24.1. The largest absolute Gasteiger partial charge is 0.495 e. The molecule has 0 spiro atoms. The summed E-state index contributed by atoms with van der Waals surface area (Å²) >= 11 is 0. The second kappa shape index (κ2) is 10.4. The Hall–Kier alpha value is -2.58. The Morgan fingerprint density at radius 3 is 2.44 bits per heavy atom. The summed E-state index contributed by atoms with van der Waals surface area (Å²) in [6.45, 7) is 6.78. The van der Waals surface area contributed by atoms with Gasteiger partial charge in [0.25, 0.3) is 5.91 Å². The van der Waals surface area contributed by atoms with Crippen LogP contribution in [0.5, 0.6) is 11.5 Å². The minimum absolute atomic E-state index is 0.138. The molecule has 0 bridgehead atoms. The van der Waals surface area contributed by atoms with Gasteiger partial charge in [-0.2, -0.15) is 4.31 Å². The maximum absolute atomic E-state index is 13.1. The SMILES string of the molecule is CC[C@@H](Oc1cc(C)ccc1C)C(=O)Nc1cc(S(=O)(=O)N2CCCCC2)ccc1OC. The smallest absolute Gasteiger partial charge is 0.265 e. The van der Waals surface area contributed by atoms with Crippen LogP contribution in [0.25, 0.3) is 0 Å². The zero-order valence-electron chi connectivity index (χ0n) is 19.2. The van der Waals surface area contributed by atoms with Crippen molar-refractivity contribution in [1.82, 2.24) is 4.31 Å². The molecule has 0 unspecified atom stereocenters. The topological polar surface area (TPSA) is 84.9 Å². The van der Waals surface area contributed by atoms with E-state index in [1.165, 1.54) is 23.5 Å². The van der Waals surface area contributed by atoms with E-state index in [0.717, 1.165) is 30.4 Å². The summed E-state index contributed by atoms with van der Waals surface area (Å²) in [5.74, 6) is 0.678. The Balaban J connectivity index is 1.83. The van der Waals surface area contributed by atoms with E-state index in [1.807, 2.05) is 39.0 Å². The highest BCUT2D eigenvalue weighted by Gasteiger charge is 2.28. The molecule has 7 nitrogen and oxygen atoms in total. The molecule has 1 aliphatic rings. The lowest BCUT2D eigenvalue weighted by Gasteiger charge is -2.26. The third-order valence-corrected chi connectivity index (χ3v) is 7.55. The molecule has 0 radical (unpaired) electrons. The van der Waals surface area contributed by atoms with Crippen molar-refractivity contribution < 1.29 is 22.7 Å². The number of piperidine rings is 1. The zero-order chi connectivity index (χ0) is 23.3. The third-order valence-electron chi connectivity index (χ3n) is 5.66. The van der Waals surface area contributed by atoms with Gasteiger partial charge in [0.2, 0.25) is 10.0 Å². The second-order valence-corrected chi connectivity index (χ2v) is 10.0. The fraction of sp³-hybridized carbons (Fsp3) is 0.458. The van der Waals surface area contributed by atoms with Gasteiger partial charge in [0.15, 0.2) is 6.10 Å². The van der Waals surface area contributed by atoms with Crippen molar-refractivity contribution in [2.75, 3.05) is 25.5 Å². The van der Waals surface area contributed by atoms with E-state index in [9.17, 15) is 13.2 Å². The van der Waals surface area contributed by atoms with Gasteiger partial charge >= 0.3 is 0 Å². The van der Waals surface area contributed by atoms with Gasteiger partial charge in [-0.3, -0.25) is 4.79 Å². The molecule has 1 fully saturated rings. The first-order valence-electron chi connectivity index (χ1n) is 11.0. The predicted octanol–water partition coefficient (Wildman–Crippen LogP) is 4.28. The molecule has 2 aromatic carbocycles. The van der Waals surface area contributed by atoms with E-state index >= 15 is 0 Å². The minimum atomic E-state index is -3.63. The van der Waals surface area contributed by atoms with Crippen LogP contribution in [-0.4, -0.2) is 44.9 Å². The van der Waals surface area contributed by atoms with E-state index in [-0.39, 0.29) is 10.8 Å². The number of amides is 1. The first-order valence-corrected chi connectivity index (χ1v) is 12.4. The molecule has 1 heterocycles. The van der Waals surface area contributed by atoms with Crippen LogP contribution < -0.4 is 14.8 Å². The minimum Gasteiger partial charge on any atom is -0.495 e. The molecule has 1 saturated heterocycles. The molecule has 2 aromatic rings. The number of nitrogens with zero attached hydrogens (tertiary/aromatic N) is 1. The van der Waals surface area contributed by atoms with Crippen molar-refractivity contribution >= 4 is 21.6 Å². The van der Waals surface area contributed by atoms with Gasteiger partial charge < -0.3 is 14.8 Å². The fourth-order valence-corrected chi connectivity index (χ4v) is 5.27. The van der Waals surface area contributed by atoms with Crippen molar-refractivity contribution in [3.8, 4) is 11.5 Å². The molecular weight excluding hydrogens is 428 g/mol. The van der Waals surface area contributed by atoms with Crippen LogP contribution in [0.15, 0.2) is 41.3 Å². The average molecular weight is 461 g/mol. The summed E-state index contributed by atoms with van der Waals surface area (Å²) in [5.41, 5.74) is 2.28.